The molecule has 0 radical (unpaired) electrons. The van der Waals surface area contributed by atoms with E-state index in [1.54, 1.807) is 18.9 Å². The lowest BCUT2D eigenvalue weighted by Crippen LogP contribution is -2.27. The number of carbonyl (C=O) groups excluding carboxylic acids is 1. The molecule has 1 aliphatic rings. The minimum Gasteiger partial charge on any atom is -0.493 e. The number of aromatic nitrogens is 3. The number of nitrogens with zero attached hydrogens (tertiary/aromatic N) is 3. The maximum absolute atomic E-state index is 13.4. The van der Waals surface area contributed by atoms with Crippen molar-refractivity contribution in [3.8, 4) is 11.5 Å². The van der Waals surface area contributed by atoms with Gasteiger partial charge in [0.05, 0.1) is 36.9 Å². The summed E-state index contributed by atoms with van der Waals surface area (Å²) in [6, 6.07) is 5.59. The van der Waals surface area contributed by atoms with Gasteiger partial charge >= 0.3 is 0 Å². The number of hydrogen-bond acceptors (Lipinski definition) is 5. The summed E-state index contributed by atoms with van der Waals surface area (Å²) in [7, 11) is 5.10. The molecule has 2 aromatic heterocycles. The Kier molecular flexibility index (Phi) is 5.13. The van der Waals surface area contributed by atoms with Gasteiger partial charge in [0.2, 0.25) is 0 Å². The van der Waals surface area contributed by atoms with Gasteiger partial charge in [-0.15, -0.1) is 0 Å². The Morgan fingerprint density at radius 2 is 1.83 bits per heavy atom. The minimum atomic E-state index is -0.207. The first-order valence-corrected chi connectivity index (χ1v) is 10.2. The Morgan fingerprint density at radius 1 is 1.17 bits per heavy atom. The third-order valence-corrected chi connectivity index (χ3v) is 5.82. The van der Waals surface area contributed by atoms with Gasteiger partial charge in [-0.05, 0) is 62.9 Å². The fourth-order valence-electron chi connectivity index (χ4n) is 4.05. The van der Waals surface area contributed by atoms with Crippen LogP contribution in [0, 0.1) is 13.8 Å². The standard InChI is InChI=1S/C23H28N4O3/c1-12-9-19(29-5)20(30-6)11-16(12)13(2)24-23(28)17-10-18(15-7-8-15)25-22-21(17)14(3)26-27(22)4/h9-11,13,15H,7-8H2,1-6H3,(H,24,28). The first kappa shape index (κ1) is 20.2. The second kappa shape index (κ2) is 7.63. The Bertz CT molecular complexity index is 1130. The molecule has 7 nitrogen and oxygen atoms in total. The molecule has 4 rings (SSSR count). The fraction of sp³-hybridized carbons (Fsp3) is 0.435. The predicted octanol–water partition coefficient (Wildman–Crippen LogP) is 3.97. The summed E-state index contributed by atoms with van der Waals surface area (Å²) < 4.78 is 12.6. The van der Waals surface area contributed by atoms with Crippen molar-refractivity contribution in [1.29, 1.82) is 0 Å². The lowest BCUT2D eigenvalue weighted by Gasteiger charge is -2.19. The maximum atomic E-state index is 13.4. The third kappa shape index (κ3) is 3.49. The van der Waals surface area contributed by atoms with Gasteiger partial charge < -0.3 is 14.8 Å². The van der Waals surface area contributed by atoms with Crippen LogP contribution in [0.25, 0.3) is 11.0 Å². The number of fused-ring (bicyclic) bond motifs is 1. The number of aryl methyl sites for hydroxylation is 3. The summed E-state index contributed by atoms with van der Waals surface area (Å²) in [6.07, 6.45) is 2.25. The van der Waals surface area contributed by atoms with E-state index in [0.29, 0.717) is 23.0 Å². The van der Waals surface area contributed by atoms with Crippen molar-refractivity contribution in [3.63, 3.8) is 0 Å². The molecular weight excluding hydrogens is 380 g/mol. The monoisotopic (exact) mass is 408 g/mol. The number of benzene rings is 1. The van der Waals surface area contributed by atoms with Crippen molar-refractivity contribution in [2.45, 2.75) is 45.6 Å². The largest absolute Gasteiger partial charge is 0.493 e. The molecule has 1 aromatic carbocycles. The first-order valence-electron chi connectivity index (χ1n) is 10.2. The fourth-order valence-corrected chi connectivity index (χ4v) is 4.05. The van der Waals surface area contributed by atoms with Crippen LogP contribution in [-0.4, -0.2) is 34.9 Å². The van der Waals surface area contributed by atoms with Gasteiger partial charge in [0, 0.05) is 18.7 Å². The van der Waals surface area contributed by atoms with Crippen LogP contribution in [0.1, 0.15) is 64.6 Å². The SMILES string of the molecule is COc1cc(C)c(C(C)NC(=O)c2cc(C3CC3)nc3c2c(C)nn3C)cc1OC. The van der Waals surface area contributed by atoms with Gasteiger partial charge in [-0.2, -0.15) is 5.10 Å². The second-order valence-corrected chi connectivity index (χ2v) is 8.04. The molecule has 158 valence electrons. The van der Waals surface area contributed by atoms with Gasteiger partial charge in [-0.3, -0.25) is 9.48 Å². The summed E-state index contributed by atoms with van der Waals surface area (Å²) in [5.41, 5.74) is 5.19. The Hall–Kier alpha value is -3.09. The van der Waals surface area contributed by atoms with E-state index >= 15 is 0 Å². The average molecular weight is 409 g/mol. The van der Waals surface area contributed by atoms with E-state index in [9.17, 15) is 4.79 Å². The number of rotatable bonds is 6. The highest BCUT2D eigenvalue weighted by Gasteiger charge is 2.29. The second-order valence-electron chi connectivity index (χ2n) is 8.04. The summed E-state index contributed by atoms with van der Waals surface area (Å²) in [6.45, 7) is 5.89. The first-order chi connectivity index (χ1) is 14.3. The molecule has 1 unspecified atom stereocenters. The highest BCUT2D eigenvalue weighted by Crippen LogP contribution is 2.40. The van der Waals surface area contributed by atoms with Crippen LogP contribution in [0.2, 0.25) is 0 Å². The van der Waals surface area contributed by atoms with E-state index in [-0.39, 0.29) is 11.9 Å². The predicted molar refractivity (Wildman–Crippen MR) is 115 cm³/mol. The summed E-state index contributed by atoms with van der Waals surface area (Å²) in [5.74, 6) is 1.64. The lowest BCUT2D eigenvalue weighted by atomic mass is 10.0. The van der Waals surface area contributed by atoms with Crippen LogP contribution in [0.5, 0.6) is 11.5 Å². The molecule has 0 aliphatic heterocycles. The number of carbonyl (C=O) groups is 1. The summed E-state index contributed by atoms with van der Waals surface area (Å²) in [4.78, 5) is 18.1. The molecule has 1 saturated carbocycles. The molecule has 2 heterocycles. The van der Waals surface area contributed by atoms with Gasteiger partial charge in [-0.25, -0.2) is 4.98 Å². The van der Waals surface area contributed by atoms with Crippen molar-refractivity contribution in [2.24, 2.45) is 7.05 Å². The molecule has 1 amide bonds. The quantitative estimate of drug-likeness (QED) is 0.668. The molecule has 0 bridgehead atoms. The number of methoxy groups -OCH3 is 2. The molecule has 7 heteroatoms. The van der Waals surface area contributed by atoms with Crippen molar-refractivity contribution >= 4 is 16.9 Å². The highest BCUT2D eigenvalue weighted by molar-refractivity contribution is 6.06. The van der Waals surface area contributed by atoms with Crippen LogP contribution in [0.3, 0.4) is 0 Å². The van der Waals surface area contributed by atoms with Gasteiger partial charge in [-0.1, -0.05) is 0 Å². The van der Waals surface area contributed by atoms with Gasteiger partial charge in [0.25, 0.3) is 5.91 Å². The molecule has 0 spiro atoms. The molecule has 3 aromatic rings. The molecule has 0 saturated heterocycles. The Morgan fingerprint density at radius 3 is 2.47 bits per heavy atom. The number of ether oxygens (including phenoxy) is 2. The maximum Gasteiger partial charge on any atom is 0.252 e. The smallest absolute Gasteiger partial charge is 0.252 e. The Balaban J connectivity index is 1.70. The summed E-state index contributed by atoms with van der Waals surface area (Å²) in [5, 5.41) is 8.46. The molecule has 1 fully saturated rings. The van der Waals surface area contributed by atoms with Crippen molar-refractivity contribution < 1.29 is 14.3 Å². The van der Waals surface area contributed by atoms with Gasteiger partial charge in [0.15, 0.2) is 17.1 Å². The third-order valence-electron chi connectivity index (χ3n) is 5.82. The van der Waals surface area contributed by atoms with Crippen LogP contribution in [0.15, 0.2) is 18.2 Å². The molecular formula is C23H28N4O3. The molecule has 1 atom stereocenters. The summed E-state index contributed by atoms with van der Waals surface area (Å²) >= 11 is 0. The number of pyridine rings is 1. The van der Waals surface area contributed by atoms with Crippen LogP contribution >= 0.6 is 0 Å². The average Bonchev–Trinajstić information content (AvgIpc) is 3.53. The Labute approximate surface area is 176 Å². The molecule has 30 heavy (non-hydrogen) atoms. The van der Waals surface area contributed by atoms with Crippen LogP contribution in [0.4, 0.5) is 0 Å². The van der Waals surface area contributed by atoms with Gasteiger partial charge in [0.1, 0.15) is 0 Å². The van der Waals surface area contributed by atoms with E-state index in [2.05, 4.69) is 10.4 Å². The highest BCUT2D eigenvalue weighted by atomic mass is 16.5. The van der Waals surface area contributed by atoms with E-state index in [1.165, 1.54) is 0 Å². The lowest BCUT2D eigenvalue weighted by molar-refractivity contribution is 0.0941. The zero-order chi connectivity index (χ0) is 21.6. The molecule has 1 aliphatic carbocycles. The zero-order valence-corrected chi connectivity index (χ0v) is 18.4. The number of amides is 1. The van der Waals surface area contributed by atoms with E-state index < -0.39 is 0 Å². The van der Waals surface area contributed by atoms with E-state index in [0.717, 1.165) is 46.4 Å². The normalized spacial score (nSPS) is 14.6. The number of nitrogens with one attached hydrogen (secondary N) is 1. The molecule has 1 N–H and O–H groups in total. The van der Waals surface area contributed by atoms with E-state index in [1.807, 2.05) is 46.0 Å². The number of hydrogen-bond donors (Lipinski definition) is 1. The zero-order valence-electron chi connectivity index (χ0n) is 18.4. The van der Waals surface area contributed by atoms with Crippen LogP contribution < -0.4 is 14.8 Å². The van der Waals surface area contributed by atoms with Crippen molar-refractivity contribution in [1.82, 2.24) is 20.1 Å². The van der Waals surface area contributed by atoms with Crippen molar-refractivity contribution in [3.05, 3.63) is 46.3 Å². The van der Waals surface area contributed by atoms with E-state index in [4.69, 9.17) is 14.5 Å². The van der Waals surface area contributed by atoms with Crippen molar-refractivity contribution in [2.75, 3.05) is 14.2 Å². The topological polar surface area (TPSA) is 78.3 Å². The van der Waals surface area contributed by atoms with Crippen LogP contribution in [-0.2, 0) is 7.05 Å². The minimum absolute atomic E-state index is 0.123.